The Morgan fingerprint density at radius 1 is 1.60 bits per heavy atom. The van der Waals surface area contributed by atoms with Crippen molar-refractivity contribution in [3.8, 4) is 0 Å². The Labute approximate surface area is 90.5 Å². The van der Waals surface area contributed by atoms with E-state index in [2.05, 4.69) is 22.2 Å². The molecule has 1 aromatic rings. The largest absolute Gasteiger partial charge is 0.366 e. The van der Waals surface area contributed by atoms with Crippen LogP contribution < -0.4 is 11.1 Å². The summed E-state index contributed by atoms with van der Waals surface area (Å²) in [5, 5.41) is 3.43. The molecule has 0 saturated carbocycles. The number of nitrogens with two attached hydrogens (primary N) is 1. The maximum Gasteiger partial charge on any atom is 0.126 e. The van der Waals surface area contributed by atoms with E-state index in [0.717, 1.165) is 17.9 Å². The molecule has 1 aromatic heterocycles. The number of hydrogen-bond donors (Lipinski definition) is 2. The average molecular weight is 206 g/mol. The Kier molecular flexibility index (Phi) is 3.18. The van der Waals surface area contributed by atoms with E-state index in [0.29, 0.717) is 12.6 Å². The number of likely N-dealkylation sites (tertiary alicyclic amines) is 1. The highest BCUT2D eigenvalue weighted by molar-refractivity contribution is 5.37. The first-order valence-corrected chi connectivity index (χ1v) is 5.38. The average Bonchev–Trinajstić information content (AvgIpc) is 2.65. The van der Waals surface area contributed by atoms with Gasteiger partial charge in [-0.3, -0.25) is 0 Å². The number of nitrogens with one attached hydrogen (secondary N) is 1. The molecule has 4 heteroatoms. The fraction of sp³-hybridized carbons (Fsp3) is 0.545. The number of rotatable bonds is 3. The van der Waals surface area contributed by atoms with E-state index < -0.39 is 0 Å². The van der Waals surface area contributed by atoms with E-state index in [1.54, 1.807) is 0 Å². The summed E-state index contributed by atoms with van der Waals surface area (Å²) in [6.07, 6.45) is 3.03. The molecule has 0 aromatic carbocycles. The van der Waals surface area contributed by atoms with Crippen LogP contribution in [0.4, 0.5) is 5.82 Å². The molecule has 1 fully saturated rings. The molecule has 1 aliphatic rings. The first-order chi connectivity index (χ1) is 7.28. The second-order valence-corrected chi connectivity index (χ2v) is 4.15. The molecule has 0 aliphatic carbocycles. The maximum atomic E-state index is 5.51. The van der Waals surface area contributed by atoms with Crippen LogP contribution in [0.1, 0.15) is 12.0 Å². The lowest BCUT2D eigenvalue weighted by atomic mass is 10.2. The highest BCUT2D eigenvalue weighted by atomic mass is 15.2. The molecule has 82 valence electrons. The highest BCUT2D eigenvalue weighted by Crippen LogP contribution is 2.12. The van der Waals surface area contributed by atoms with Gasteiger partial charge in [-0.25, -0.2) is 4.98 Å². The Hall–Kier alpha value is -1.13. The van der Waals surface area contributed by atoms with Crippen molar-refractivity contribution in [3.05, 3.63) is 23.9 Å². The van der Waals surface area contributed by atoms with Crippen LogP contribution in [0.2, 0.25) is 0 Å². The van der Waals surface area contributed by atoms with Gasteiger partial charge in [-0.15, -0.1) is 0 Å². The third-order valence-electron chi connectivity index (χ3n) is 2.80. The number of anilines is 1. The molecule has 2 heterocycles. The smallest absolute Gasteiger partial charge is 0.126 e. The SMILES string of the molecule is CN1CCC(Nc2ccc(CN)cn2)C1. The lowest BCUT2D eigenvalue weighted by Gasteiger charge is -2.13. The molecule has 1 unspecified atom stereocenters. The lowest BCUT2D eigenvalue weighted by Crippen LogP contribution is -2.23. The van der Waals surface area contributed by atoms with Crippen molar-refractivity contribution in [2.24, 2.45) is 5.73 Å². The number of hydrogen-bond acceptors (Lipinski definition) is 4. The summed E-state index contributed by atoms with van der Waals surface area (Å²) >= 11 is 0. The topological polar surface area (TPSA) is 54.2 Å². The summed E-state index contributed by atoms with van der Waals surface area (Å²) in [6.45, 7) is 2.82. The second-order valence-electron chi connectivity index (χ2n) is 4.15. The summed E-state index contributed by atoms with van der Waals surface area (Å²) in [4.78, 5) is 6.65. The molecule has 0 spiro atoms. The van der Waals surface area contributed by atoms with Crippen molar-refractivity contribution in [1.29, 1.82) is 0 Å². The van der Waals surface area contributed by atoms with E-state index in [9.17, 15) is 0 Å². The quantitative estimate of drug-likeness (QED) is 0.762. The third kappa shape index (κ3) is 2.67. The van der Waals surface area contributed by atoms with Crippen LogP contribution >= 0.6 is 0 Å². The molecule has 4 nitrogen and oxygen atoms in total. The van der Waals surface area contributed by atoms with Crippen LogP contribution in [0.3, 0.4) is 0 Å². The molecule has 3 N–H and O–H groups in total. The van der Waals surface area contributed by atoms with Crippen LogP contribution in [0.5, 0.6) is 0 Å². The normalized spacial score (nSPS) is 21.9. The predicted octanol–water partition coefficient (Wildman–Crippen LogP) is 0.656. The van der Waals surface area contributed by atoms with Gasteiger partial charge in [0.1, 0.15) is 5.82 Å². The van der Waals surface area contributed by atoms with Gasteiger partial charge in [-0.2, -0.15) is 0 Å². The predicted molar refractivity (Wildman–Crippen MR) is 61.7 cm³/mol. The number of likely N-dealkylation sites (N-methyl/N-ethyl adjacent to an activating group) is 1. The molecule has 0 bridgehead atoms. The molecule has 1 aliphatic heterocycles. The van der Waals surface area contributed by atoms with Gasteiger partial charge in [0.25, 0.3) is 0 Å². The summed E-state index contributed by atoms with van der Waals surface area (Å²) < 4.78 is 0. The van der Waals surface area contributed by atoms with Crippen LogP contribution in [-0.4, -0.2) is 36.1 Å². The van der Waals surface area contributed by atoms with Crippen molar-refractivity contribution in [2.45, 2.75) is 19.0 Å². The summed E-state index contributed by atoms with van der Waals surface area (Å²) in [6, 6.07) is 4.56. The third-order valence-corrected chi connectivity index (χ3v) is 2.80. The molecule has 0 radical (unpaired) electrons. The minimum atomic E-state index is 0.534. The zero-order valence-corrected chi connectivity index (χ0v) is 9.11. The van der Waals surface area contributed by atoms with Gasteiger partial charge in [0.2, 0.25) is 0 Å². The number of aromatic nitrogens is 1. The van der Waals surface area contributed by atoms with Gasteiger partial charge in [0.15, 0.2) is 0 Å². The number of pyridine rings is 1. The molecule has 15 heavy (non-hydrogen) atoms. The first-order valence-electron chi connectivity index (χ1n) is 5.38. The highest BCUT2D eigenvalue weighted by Gasteiger charge is 2.18. The molecule has 0 amide bonds. The zero-order chi connectivity index (χ0) is 10.7. The van der Waals surface area contributed by atoms with Crippen LogP contribution in [0.15, 0.2) is 18.3 Å². The van der Waals surface area contributed by atoms with Crippen LogP contribution in [0.25, 0.3) is 0 Å². The molecular weight excluding hydrogens is 188 g/mol. The van der Waals surface area contributed by atoms with E-state index in [-0.39, 0.29) is 0 Å². The lowest BCUT2D eigenvalue weighted by molar-refractivity contribution is 0.414. The summed E-state index contributed by atoms with van der Waals surface area (Å²) in [5.41, 5.74) is 6.59. The first kappa shape index (κ1) is 10.4. The van der Waals surface area contributed by atoms with Gasteiger partial charge in [0, 0.05) is 25.3 Å². The maximum absolute atomic E-state index is 5.51. The van der Waals surface area contributed by atoms with Crippen molar-refractivity contribution in [1.82, 2.24) is 9.88 Å². The molecule has 1 atom stereocenters. The van der Waals surface area contributed by atoms with Gasteiger partial charge >= 0.3 is 0 Å². The van der Waals surface area contributed by atoms with E-state index in [4.69, 9.17) is 5.73 Å². The van der Waals surface area contributed by atoms with Crippen LogP contribution in [-0.2, 0) is 6.54 Å². The molecule has 1 saturated heterocycles. The van der Waals surface area contributed by atoms with Crippen molar-refractivity contribution >= 4 is 5.82 Å². The van der Waals surface area contributed by atoms with Crippen molar-refractivity contribution in [2.75, 3.05) is 25.5 Å². The Morgan fingerprint density at radius 2 is 2.47 bits per heavy atom. The van der Waals surface area contributed by atoms with Gasteiger partial charge < -0.3 is 16.0 Å². The zero-order valence-electron chi connectivity index (χ0n) is 9.11. The van der Waals surface area contributed by atoms with Gasteiger partial charge in [-0.1, -0.05) is 6.07 Å². The standard InChI is InChI=1S/C11H18N4/c1-15-5-4-10(8-15)14-11-3-2-9(6-12)7-13-11/h2-3,7,10H,4-6,8,12H2,1H3,(H,13,14). The van der Waals surface area contributed by atoms with Gasteiger partial charge in [0.05, 0.1) is 0 Å². The Bertz CT molecular complexity index is 309. The molecular formula is C11H18N4. The monoisotopic (exact) mass is 206 g/mol. The van der Waals surface area contributed by atoms with Crippen LogP contribution in [0, 0.1) is 0 Å². The Balaban J connectivity index is 1.93. The fourth-order valence-corrected chi connectivity index (χ4v) is 1.89. The van der Waals surface area contributed by atoms with E-state index in [1.807, 2.05) is 18.3 Å². The van der Waals surface area contributed by atoms with Gasteiger partial charge in [-0.05, 0) is 31.6 Å². The van der Waals surface area contributed by atoms with E-state index >= 15 is 0 Å². The van der Waals surface area contributed by atoms with Crippen molar-refractivity contribution < 1.29 is 0 Å². The van der Waals surface area contributed by atoms with Crippen molar-refractivity contribution in [3.63, 3.8) is 0 Å². The minimum absolute atomic E-state index is 0.534. The summed E-state index contributed by atoms with van der Waals surface area (Å²) in [7, 11) is 2.15. The second kappa shape index (κ2) is 4.59. The molecule has 2 rings (SSSR count). The van der Waals surface area contributed by atoms with E-state index in [1.165, 1.54) is 13.0 Å². The summed E-state index contributed by atoms with van der Waals surface area (Å²) in [5.74, 6) is 0.951. The fourth-order valence-electron chi connectivity index (χ4n) is 1.89. The minimum Gasteiger partial charge on any atom is -0.366 e. The number of nitrogens with zero attached hydrogens (tertiary/aromatic N) is 2. The Morgan fingerprint density at radius 3 is 3.00 bits per heavy atom.